The van der Waals surface area contributed by atoms with Crippen molar-refractivity contribution in [1.82, 2.24) is 16.0 Å². The molecule has 0 aliphatic heterocycles. The van der Waals surface area contributed by atoms with Gasteiger partial charge in [0.05, 0.1) is 18.8 Å². The van der Waals surface area contributed by atoms with Gasteiger partial charge in [0.15, 0.2) is 0 Å². The molecule has 0 aromatic heterocycles. The van der Waals surface area contributed by atoms with Gasteiger partial charge in [0.1, 0.15) is 18.1 Å². The number of carbonyl (C=O) groups excluding carboxylic acids is 3. The molecule has 184 valence electrons. The summed E-state index contributed by atoms with van der Waals surface area (Å²) in [6, 6.07) is -5.67. The van der Waals surface area contributed by atoms with Gasteiger partial charge in [-0.25, -0.2) is 4.79 Å². The van der Waals surface area contributed by atoms with E-state index in [0.29, 0.717) is 19.4 Å². The zero-order valence-corrected chi connectivity index (χ0v) is 17.8. The fourth-order valence-corrected chi connectivity index (χ4v) is 2.56. The number of nitrogens with two attached hydrogens (primary N) is 2. The summed E-state index contributed by atoms with van der Waals surface area (Å²) in [4.78, 5) is 59.1. The average Bonchev–Trinajstić information content (AvgIpc) is 2.71. The molecule has 0 aliphatic carbocycles. The number of aliphatic carboxylic acids is 2. The van der Waals surface area contributed by atoms with Crippen LogP contribution < -0.4 is 27.4 Å². The molecule has 14 nitrogen and oxygen atoms in total. The van der Waals surface area contributed by atoms with E-state index in [9.17, 15) is 29.1 Å². The minimum atomic E-state index is -1.67. The van der Waals surface area contributed by atoms with E-state index in [0.717, 1.165) is 6.92 Å². The number of hydrogen-bond donors (Lipinski definition) is 9. The number of hydrogen-bond acceptors (Lipinski definition) is 9. The molecule has 5 unspecified atom stereocenters. The molecule has 14 heteroatoms. The molecule has 0 saturated carbocycles. The van der Waals surface area contributed by atoms with Gasteiger partial charge in [0.25, 0.3) is 0 Å². The van der Waals surface area contributed by atoms with Crippen LogP contribution in [0.2, 0.25) is 0 Å². The van der Waals surface area contributed by atoms with Crippen LogP contribution in [0.25, 0.3) is 0 Å². The summed E-state index contributed by atoms with van der Waals surface area (Å²) in [5.41, 5.74) is 11.2. The molecule has 3 amide bonds. The minimum absolute atomic E-state index is 0.284. The highest BCUT2D eigenvalue weighted by Crippen LogP contribution is 2.04. The third kappa shape index (κ3) is 11.0. The Labute approximate surface area is 184 Å². The van der Waals surface area contributed by atoms with Crippen molar-refractivity contribution in [3.63, 3.8) is 0 Å². The number of carbonyl (C=O) groups is 5. The Morgan fingerprint density at radius 3 is 1.94 bits per heavy atom. The SMILES string of the molecule is CC(O)C(NC(=O)C(CCC(=O)O)NC(=O)C(N)CCCCN)C(=O)NC(CO)C(=O)O. The van der Waals surface area contributed by atoms with Gasteiger partial charge >= 0.3 is 11.9 Å². The van der Waals surface area contributed by atoms with E-state index >= 15 is 0 Å². The first-order valence-electron chi connectivity index (χ1n) is 10.0. The molecule has 0 aromatic rings. The lowest BCUT2D eigenvalue weighted by atomic mass is 10.1. The van der Waals surface area contributed by atoms with Crippen LogP contribution >= 0.6 is 0 Å². The van der Waals surface area contributed by atoms with Gasteiger partial charge in [-0.2, -0.15) is 0 Å². The lowest BCUT2D eigenvalue weighted by molar-refractivity contribution is -0.144. The normalized spacial score (nSPS) is 15.5. The van der Waals surface area contributed by atoms with Crippen molar-refractivity contribution in [2.75, 3.05) is 13.2 Å². The summed E-state index contributed by atoms with van der Waals surface area (Å²) in [7, 11) is 0. The van der Waals surface area contributed by atoms with Crippen molar-refractivity contribution in [2.24, 2.45) is 11.5 Å². The number of nitrogens with one attached hydrogen (secondary N) is 3. The zero-order chi connectivity index (χ0) is 24.8. The Balaban J connectivity index is 5.32. The molecular weight excluding hydrogens is 430 g/mol. The van der Waals surface area contributed by atoms with Crippen molar-refractivity contribution in [1.29, 1.82) is 0 Å². The summed E-state index contributed by atoms with van der Waals surface area (Å²) in [6.45, 7) is 0.637. The van der Waals surface area contributed by atoms with Gasteiger partial charge < -0.3 is 47.8 Å². The number of rotatable bonds is 16. The number of aliphatic hydroxyl groups is 2. The molecule has 11 N–H and O–H groups in total. The monoisotopic (exact) mass is 463 g/mol. The number of carboxylic acids is 2. The van der Waals surface area contributed by atoms with Crippen molar-refractivity contribution < 1.29 is 44.4 Å². The third-order valence-corrected chi connectivity index (χ3v) is 4.45. The van der Waals surface area contributed by atoms with Crippen LogP contribution in [0.1, 0.15) is 39.0 Å². The first-order valence-corrected chi connectivity index (χ1v) is 10.0. The van der Waals surface area contributed by atoms with E-state index in [1.807, 2.05) is 5.32 Å². The molecule has 0 heterocycles. The van der Waals surface area contributed by atoms with E-state index in [1.54, 1.807) is 0 Å². The van der Waals surface area contributed by atoms with E-state index in [2.05, 4.69) is 10.6 Å². The number of aliphatic hydroxyl groups excluding tert-OH is 2. The second-order valence-electron chi connectivity index (χ2n) is 7.19. The van der Waals surface area contributed by atoms with Gasteiger partial charge in [-0.15, -0.1) is 0 Å². The maximum Gasteiger partial charge on any atom is 0.328 e. The van der Waals surface area contributed by atoms with Crippen LogP contribution in [0.15, 0.2) is 0 Å². The second-order valence-corrected chi connectivity index (χ2v) is 7.19. The Morgan fingerprint density at radius 1 is 0.875 bits per heavy atom. The lowest BCUT2D eigenvalue weighted by Crippen LogP contribution is -2.60. The van der Waals surface area contributed by atoms with E-state index in [4.69, 9.17) is 26.8 Å². The largest absolute Gasteiger partial charge is 0.481 e. The first kappa shape index (κ1) is 29.2. The number of unbranched alkanes of at least 4 members (excludes halogenated alkanes) is 1. The van der Waals surface area contributed by atoms with Gasteiger partial charge in [0.2, 0.25) is 17.7 Å². The van der Waals surface area contributed by atoms with Crippen molar-refractivity contribution in [2.45, 2.75) is 69.3 Å². The summed E-state index contributed by atoms with van der Waals surface area (Å²) >= 11 is 0. The highest BCUT2D eigenvalue weighted by atomic mass is 16.4. The molecule has 0 bridgehead atoms. The summed E-state index contributed by atoms with van der Waals surface area (Å²) in [6.07, 6.45) is -0.811. The summed E-state index contributed by atoms with van der Waals surface area (Å²) in [5, 5.41) is 43.1. The Kier molecular flexibility index (Phi) is 13.7. The zero-order valence-electron chi connectivity index (χ0n) is 17.8. The average molecular weight is 463 g/mol. The standard InChI is InChI=1S/C18H33N5O9/c1-9(25)14(17(30)22-12(8-24)18(31)32)23-16(29)11(5-6-13(26)27)21-15(28)10(20)4-2-3-7-19/h9-12,14,24-25H,2-8,19-20H2,1H3,(H,21,28)(H,22,30)(H,23,29)(H,26,27)(H,31,32). The molecule has 0 rings (SSSR count). The maximum absolute atomic E-state index is 12.6. The van der Waals surface area contributed by atoms with Crippen LogP contribution in [0.3, 0.4) is 0 Å². The summed E-state index contributed by atoms with van der Waals surface area (Å²) in [5.74, 6) is -5.56. The molecule has 0 aliphatic rings. The predicted molar refractivity (Wildman–Crippen MR) is 110 cm³/mol. The fourth-order valence-electron chi connectivity index (χ4n) is 2.56. The number of carboxylic acid groups (broad SMARTS) is 2. The lowest BCUT2D eigenvalue weighted by Gasteiger charge is -2.26. The summed E-state index contributed by atoms with van der Waals surface area (Å²) < 4.78 is 0. The van der Waals surface area contributed by atoms with Crippen LogP contribution in [0.4, 0.5) is 0 Å². The molecule has 0 radical (unpaired) electrons. The molecular formula is C18H33N5O9. The minimum Gasteiger partial charge on any atom is -0.481 e. The Hall–Kier alpha value is -2.81. The Bertz CT molecular complexity index is 659. The first-order chi connectivity index (χ1) is 14.9. The molecule has 0 fully saturated rings. The van der Waals surface area contributed by atoms with Gasteiger partial charge in [-0.1, -0.05) is 6.42 Å². The van der Waals surface area contributed by atoms with Crippen LogP contribution in [0.5, 0.6) is 0 Å². The molecule has 0 aromatic carbocycles. The van der Waals surface area contributed by atoms with Crippen LogP contribution in [-0.2, 0) is 24.0 Å². The highest BCUT2D eigenvalue weighted by molar-refractivity contribution is 5.94. The van der Waals surface area contributed by atoms with Crippen LogP contribution in [0, 0.1) is 0 Å². The van der Waals surface area contributed by atoms with Crippen molar-refractivity contribution in [3.8, 4) is 0 Å². The van der Waals surface area contributed by atoms with Crippen molar-refractivity contribution in [3.05, 3.63) is 0 Å². The number of amides is 3. The van der Waals surface area contributed by atoms with Gasteiger partial charge in [0, 0.05) is 6.42 Å². The molecule has 0 saturated heterocycles. The topological polar surface area (TPSA) is 254 Å². The van der Waals surface area contributed by atoms with Crippen molar-refractivity contribution >= 4 is 29.7 Å². The smallest absolute Gasteiger partial charge is 0.328 e. The predicted octanol–water partition coefficient (Wildman–Crippen LogP) is -3.78. The molecule has 5 atom stereocenters. The molecule has 0 spiro atoms. The maximum atomic E-state index is 12.6. The second kappa shape index (κ2) is 15.1. The fraction of sp³-hybridized carbons (Fsp3) is 0.722. The quantitative estimate of drug-likeness (QED) is 0.100. The highest BCUT2D eigenvalue weighted by Gasteiger charge is 2.32. The van der Waals surface area contributed by atoms with Crippen LogP contribution in [-0.4, -0.2) is 93.5 Å². The Morgan fingerprint density at radius 2 is 1.47 bits per heavy atom. The van der Waals surface area contributed by atoms with Gasteiger partial charge in [-0.05, 0) is 32.7 Å². The van der Waals surface area contributed by atoms with E-state index in [1.165, 1.54) is 0 Å². The third-order valence-electron chi connectivity index (χ3n) is 4.45. The van der Waals surface area contributed by atoms with E-state index < -0.39 is 73.0 Å². The van der Waals surface area contributed by atoms with Gasteiger partial charge in [-0.3, -0.25) is 19.2 Å². The van der Waals surface area contributed by atoms with E-state index in [-0.39, 0.29) is 12.8 Å². The molecule has 32 heavy (non-hydrogen) atoms.